The number of carbonyl (C=O) groups excluding carboxylic acids is 1. The molecule has 1 heterocycles. The third-order valence-electron chi connectivity index (χ3n) is 3.26. The van der Waals surface area contributed by atoms with Crippen LogP contribution in [0.4, 0.5) is 5.69 Å². The van der Waals surface area contributed by atoms with Crippen LogP contribution >= 0.6 is 11.3 Å². The molecule has 0 bridgehead atoms. The van der Waals surface area contributed by atoms with Crippen LogP contribution in [0.3, 0.4) is 0 Å². The van der Waals surface area contributed by atoms with Gasteiger partial charge in [-0.05, 0) is 59.9 Å². The molecule has 1 aromatic carbocycles. The molecule has 112 valence electrons. The molecule has 2 aromatic rings. The first-order chi connectivity index (χ1) is 10.2. The van der Waals surface area contributed by atoms with Gasteiger partial charge >= 0.3 is 0 Å². The quantitative estimate of drug-likeness (QED) is 0.815. The van der Waals surface area contributed by atoms with Crippen LogP contribution < -0.4 is 10.6 Å². The van der Waals surface area contributed by atoms with Crippen molar-refractivity contribution in [1.29, 1.82) is 0 Å². The van der Waals surface area contributed by atoms with Gasteiger partial charge in [0.25, 0.3) is 5.91 Å². The van der Waals surface area contributed by atoms with Gasteiger partial charge in [0.15, 0.2) is 0 Å². The molecule has 2 rings (SSSR count). The molecular formula is C17H22N2OS. The predicted octanol–water partition coefficient (Wildman–Crippen LogP) is 3.85. The summed E-state index contributed by atoms with van der Waals surface area (Å²) in [5.74, 6) is -0.0103. The summed E-state index contributed by atoms with van der Waals surface area (Å²) < 4.78 is 0. The maximum atomic E-state index is 12.3. The van der Waals surface area contributed by atoms with E-state index in [4.69, 9.17) is 0 Å². The molecule has 0 spiro atoms. The van der Waals surface area contributed by atoms with E-state index in [1.165, 1.54) is 5.56 Å². The van der Waals surface area contributed by atoms with Crippen LogP contribution in [0, 0.1) is 6.92 Å². The molecule has 0 fully saturated rings. The summed E-state index contributed by atoms with van der Waals surface area (Å²) in [7, 11) is 0. The molecule has 21 heavy (non-hydrogen) atoms. The van der Waals surface area contributed by atoms with Crippen molar-refractivity contribution in [3.05, 3.63) is 51.7 Å². The molecule has 0 unspecified atom stereocenters. The normalized spacial score (nSPS) is 10.4. The van der Waals surface area contributed by atoms with Gasteiger partial charge < -0.3 is 10.6 Å². The smallest absolute Gasteiger partial charge is 0.253 e. The summed E-state index contributed by atoms with van der Waals surface area (Å²) in [6, 6.07) is 8.00. The van der Waals surface area contributed by atoms with E-state index in [2.05, 4.69) is 34.4 Å². The van der Waals surface area contributed by atoms with E-state index in [1.54, 1.807) is 11.3 Å². The standard InChI is InChI=1S/C17H22N2OS/c1-3-8-18-16-11-13(2)4-5-15(16)17(20)19-9-6-14-7-10-21-12-14/h4-5,7,10-12,18H,3,6,8-9H2,1-2H3,(H,19,20). The molecule has 1 aromatic heterocycles. The number of carbonyl (C=O) groups is 1. The van der Waals surface area contributed by atoms with Crippen molar-refractivity contribution >= 4 is 22.9 Å². The number of benzene rings is 1. The lowest BCUT2D eigenvalue weighted by molar-refractivity contribution is 0.0955. The van der Waals surface area contributed by atoms with Gasteiger partial charge in [0, 0.05) is 18.8 Å². The predicted molar refractivity (Wildman–Crippen MR) is 90.3 cm³/mol. The van der Waals surface area contributed by atoms with Crippen molar-refractivity contribution in [2.24, 2.45) is 0 Å². The van der Waals surface area contributed by atoms with Crippen molar-refractivity contribution in [2.45, 2.75) is 26.7 Å². The number of nitrogens with one attached hydrogen (secondary N) is 2. The molecule has 4 heteroatoms. The zero-order valence-electron chi connectivity index (χ0n) is 12.6. The van der Waals surface area contributed by atoms with Gasteiger partial charge in [0.05, 0.1) is 5.56 Å². The lowest BCUT2D eigenvalue weighted by Crippen LogP contribution is -2.26. The van der Waals surface area contributed by atoms with Crippen LogP contribution in [0.2, 0.25) is 0 Å². The molecule has 0 atom stereocenters. The fourth-order valence-corrected chi connectivity index (χ4v) is 2.82. The first-order valence-corrected chi connectivity index (χ1v) is 8.28. The van der Waals surface area contributed by atoms with Crippen LogP contribution in [0.5, 0.6) is 0 Å². The van der Waals surface area contributed by atoms with E-state index >= 15 is 0 Å². The number of anilines is 1. The number of amides is 1. The highest BCUT2D eigenvalue weighted by Crippen LogP contribution is 2.17. The second-order valence-electron chi connectivity index (χ2n) is 5.11. The summed E-state index contributed by atoms with van der Waals surface area (Å²) in [6.45, 7) is 5.69. The van der Waals surface area contributed by atoms with Crippen molar-refractivity contribution in [3.8, 4) is 0 Å². The van der Waals surface area contributed by atoms with Crippen molar-refractivity contribution in [1.82, 2.24) is 5.32 Å². The number of aryl methyl sites for hydroxylation is 1. The van der Waals surface area contributed by atoms with E-state index in [1.807, 2.05) is 25.1 Å². The van der Waals surface area contributed by atoms with Crippen LogP contribution in [-0.4, -0.2) is 19.0 Å². The Morgan fingerprint density at radius 2 is 2.10 bits per heavy atom. The Morgan fingerprint density at radius 3 is 2.81 bits per heavy atom. The largest absolute Gasteiger partial charge is 0.384 e. The number of thiophene rings is 1. The Labute approximate surface area is 130 Å². The SMILES string of the molecule is CCCNc1cc(C)ccc1C(=O)NCCc1ccsc1. The average molecular weight is 302 g/mol. The zero-order valence-corrected chi connectivity index (χ0v) is 13.4. The van der Waals surface area contributed by atoms with Gasteiger partial charge in [0.1, 0.15) is 0 Å². The second kappa shape index (κ2) is 7.84. The Hall–Kier alpha value is -1.81. The number of hydrogen-bond donors (Lipinski definition) is 2. The molecule has 0 radical (unpaired) electrons. The minimum absolute atomic E-state index is 0.0103. The molecule has 0 aliphatic rings. The highest BCUT2D eigenvalue weighted by molar-refractivity contribution is 7.07. The topological polar surface area (TPSA) is 41.1 Å². The van der Waals surface area contributed by atoms with E-state index in [0.717, 1.165) is 36.2 Å². The number of hydrogen-bond acceptors (Lipinski definition) is 3. The van der Waals surface area contributed by atoms with Crippen LogP contribution in [0.25, 0.3) is 0 Å². The van der Waals surface area contributed by atoms with Gasteiger partial charge in [-0.25, -0.2) is 0 Å². The van der Waals surface area contributed by atoms with Crippen LogP contribution in [-0.2, 0) is 6.42 Å². The molecule has 2 N–H and O–H groups in total. The maximum Gasteiger partial charge on any atom is 0.253 e. The van der Waals surface area contributed by atoms with Gasteiger partial charge in [-0.2, -0.15) is 11.3 Å². The van der Waals surface area contributed by atoms with Crippen molar-refractivity contribution in [3.63, 3.8) is 0 Å². The third-order valence-corrected chi connectivity index (χ3v) is 4.00. The van der Waals surface area contributed by atoms with E-state index in [-0.39, 0.29) is 5.91 Å². The lowest BCUT2D eigenvalue weighted by atomic mass is 10.1. The number of rotatable bonds is 7. The van der Waals surface area contributed by atoms with Crippen molar-refractivity contribution in [2.75, 3.05) is 18.4 Å². The molecule has 0 aliphatic heterocycles. The summed E-state index contributed by atoms with van der Waals surface area (Å²) in [5, 5.41) is 10.5. The Bertz CT molecular complexity index is 578. The summed E-state index contributed by atoms with van der Waals surface area (Å²) >= 11 is 1.69. The van der Waals surface area contributed by atoms with E-state index in [9.17, 15) is 4.79 Å². The highest BCUT2D eigenvalue weighted by Gasteiger charge is 2.10. The van der Waals surface area contributed by atoms with Crippen LogP contribution in [0.1, 0.15) is 34.8 Å². The molecule has 3 nitrogen and oxygen atoms in total. The average Bonchev–Trinajstić information content (AvgIpc) is 2.98. The third kappa shape index (κ3) is 4.60. The lowest BCUT2D eigenvalue weighted by Gasteiger charge is -2.12. The first kappa shape index (κ1) is 15.6. The summed E-state index contributed by atoms with van der Waals surface area (Å²) in [5.41, 5.74) is 4.07. The van der Waals surface area contributed by atoms with E-state index in [0.29, 0.717) is 6.54 Å². The van der Waals surface area contributed by atoms with Gasteiger partial charge in [-0.3, -0.25) is 4.79 Å². The molecule has 0 saturated carbocycles. The van der Waals surface area contributed by atoms with Crippen LogP contribution in [0.15, 0.2) is 35.0 Å². The molecule has 1 amide bonds. The second-order valence-corrected chi connectivity index (χ2v) is 5.89. The zero-order chi connectivity index (χ0) is 15.1. The monoisotopic (exact) mass is 302 g/mol. The van der Waals surface area contributed by atoms with E-state index < -0.39 is 0 Å². The van der Waals surface area contributed by atoms with Gasteiger partial charge in [0.2, 0.25) is 0 Å². The first-order valence-electron chi connectivity index (χ1n) is 7.34. The maximum absolute atomic E-state index is 12.3. The fourth-order valence-electron chi connectivity index (χ4n) is 2.11. The summed E-state index contributed by atoms with van der Waals surface area (Å²) in [6.07, 6.45) is 1.91. The molecular weight excluding hydrogens is 280 g/mol. The van der Waals surface area contributed by atoms with Gasteiger partial charge in [-0.1, -0.05) is 13.0 Å². The Balaban J connectivity index is 1.97. The fraction of sp³-hybridized carbons (Fsp3) is 0.353. The van der Waals surface area contributed by atoms with Crippen molar-refractivity contribution < 1.29 is 4.79 Å². The minimum atomic E-state index is -0.0103. The Kier molecular flexibility index (Phi) is 5.81. The summed E-state index contributed by atoms with van der Waals surface area (Å²) in [4.78, 5) is 12.3. The molecule has 0 saturated heterocycles. The van der Waals surface area contributed by atoms with Gasteiger partial charge in [-0.15, -0.1) is 0 Å². The molecule has 0 aliphatic carbocycles. The Morgan fingerprint density at radius 1 is 1.24 bits per heavy atom. The minimum Gasteiger partial charge on any atom is -0.384 e. The highest BCUT2D eigenvalue weighted by atomic mass is 32.1.